The van der Waals surface area contributed by atoms with Gasteiger partial charge in [-0.2, -0.15) is 0 Å². The minimum atomic E-state index is -3.59. The Labute approximate surface area is 190 Å². The standard InChI is InChI=1S/C24H31N3O4S/c1-24(2,3)17-7-12-21-20(15-17)27(32(4,29)30)16-22(31-21)23(28)25-18-8-10-19(11-9-18)26-13-5-6-14-26/h7-12,15,22H,5-6,13-14,16H2,1-4H3,(H,25,28)/t22-/m1/s1. The molecule has 0 aromatic heterocycles. The van der Waals surface area contributed by atoms with Gasteiger partial charge in [-0.25, -0.2) is 8.42 Å². The molecule has 0 spiro atoms. The summed E-state index contributed by atoms with van der Waals surface area (Å²) in [5.41, 5.74) is 3.12. The van der Waals surface area contributed by atoms with Gasteiger partial charge in [0, 0.05) is 24.5 Å². The third-order valence-corrected chi connectivity index (χ3v) is 7.14. The Morgan fingerprint density at radius 2 is 1.72 bits per heavy atom. The minimum Gasteiger partial charge on any atom is -0.476 e. The fourth-order valence-corrected chi connectivity index (χ4v) is 5.03. The minimum absolute atomic E-state index is 0.0723. The van der Waals surface area contributed by atoms with Gasteiger partial charge in [0.1, 0.15) is 5.75 Å². The molecule has 2 aliphatic heterocycles. The van der Waals surface area contributed by atoms with E-state index in [1.807, 2.05) is 36.4 Å². The topological polar surface area (TPSA) is 79.0 Å². The average Bonchev–Trinajstić information content (AvgIpc) is 3.26. The van der Waals surface area contributed by atoms with E-state index in [-0.39, 0.29) is 17.9 Å². The molecular weight excluding hydrogens is 426 g/mol. The molecular formula is C24H31N3O4S. The fraction of sp³-hybridized carbons (Fsp3) is 0.458. The van der Waals surface area contributed by atoms with Crippen molar-refractivity contribution in [3.05, 3.63) is 48.0 Å². The van der Waals surface area contributed by atoms with E-state index in [0.29, 0.717) is 17.1 Å². The Morgan fingerprint density at radius 1 is 1.06 bits per heavy atom. The van der Waals surface area contributed by atoms with Gasteiger partial charge in [0.2, 0.25) is 10.0 Å². The Bertz CT molecular complexity index is 1100. The van der Waals surface area contributed by atoms with Crippen molar-refractivity contribution in [3.8, 4) is 5.75 Å². The molecule has 1 N–H and O–H groups in total. The van der Waals surface area contributed by atoms with E-state index in [9.17, 15) is 13.2 Å². The first-order valence-corrected chi connectivity index (χ1v) is 12.8. The van der Waals surface area contributed by atoms with Crippen molar-refractivity contribution in [1.82, 2.24) is 0 Å². The maximum absolute atomic E-state index is 12.9. The van der Waals surface area contributed by atoms with Gasteiger partial charge >= 0.3 is 0 Å². The van der Waals surface area contributed by atoms with Crippen molar-refractivity contribution in [1.29, 1.82) is 0 Å². The number of hydrogen-bond acceptors (Lipinski definition) is 5. The molecule has 8 heteroatoms. The maximum atomic E-state index is 12.9. The van der Waals surface area contributed by atoms with Crippen LogP contribution in [0.15, 0.2) is 42.5 Å². The average molecular weight is 458 g/mol. The molecule has 0 bridgehead atoms. The summed E-state index contributed by atoms with van der Waals surface area (Å²) in [6, 6.07) is 13.2. The maximum Gasteiger partial charge on any atom is 0.267 e. The number of rotatable bonds is 4. The molecule has 2 aliphatic rings. The van der Waals surface area contributed by atoms with Crippen LogP contribution >= 0.6 is 0 Å². The van der Waals surface area contributed by atoms with Crippen molar-refractivity contribution in [2.45, 2.75) is 45.1 Å². The van der Waals surface area contributed by atoms with E-state index in [1.54, 1.807) is 6.07 Å². The molecule has 32 heavy (non-hydrogen) atoms. The van der Waals surface area contributed by atoms with E-state index in [0.717, 1.165) is 30.6 Å². The molecule has 2 aromatic carbocycles. The van der Waals surface area contributed by atoms with Gasteiger partial charge in [-0.3, -0.25) is 9.10 Å². The fourth-order valence-electron chi connectivity index (χ4n) is 4.12. The number of anilines is 3. The number of benzene rings is 2. The van der Waals surface area contributed by atoms with E-state index in [1.165, 1.54) is 17.1 Å². The summed E-state index contributed by atoms with van der Waals surface area (Å²) in [5.74, 6) is 0.0114. The lowest BCUT2D eigenvalue weighted by Gasteiger charge is -2.35. The molecule has 0 aliphatic carbocycles. The number of nitrogens with one attached hydrogen (secondary N) is 1. The van der Waals surface area contributed by atoms with E-state index >= 15 is 0 Å². The van der Waals surface area contributed by atoms with Crippen LogP contribution in [0.1, 0.15) is 39.2 Å². The number of fused-ring (bicyclic) bond motifs is 1. The number of carbonyl (C=O) groups is 1. The second kappa shape index (κ2) is 8.31. The summed E-state index contributed by atoms with van der Waals surface area (Å²) in [7, 11) is -3.59. The highest BCUT2D eigenvalue weighted by Gasteiger charge is 2.36. The van der Waals surface area contributed by atoms with Gasteiger partial charge in [0.15, 0.2) is 6.10 Å². The van der Waals surface area contributed by atoms with Crippen molar-refractivity contribution in [2.75, 3.05) is 40.4 Å². The van der Waals surface area contributed by atoms with Crippen LogP contribution in [0.25, 0.3) is 0 Å². The number of sulfonamides is 1. The van der Waals surface area contributed by atoms with E-state index < -0.39 is 16.1 Å². The first-order chi connectivity index (χ1) is 15.0. The highest BCUT2D eigenvalue weighted by Crippen LogP contribution is 2.38. The number of hydrogen-bond donors (Lipinski definition) is 1. The van der Waals surface area contributed by atoms with Crippen molar-refractivity contribution < 1.29 is 17.9 Å². The Morgan fingerprint density at radius 3 is 2.31 bits per heavy atom. The third-order valence-electron chi connectivity index (χ3n) is 5.99. The Hall–Kier alpha value is -2.74. The molecule has 0 unspecified atom stereocenters. The number of nitrogens with zero attached hydrogens (tertiary/aromatic N) is 2. The molecule has 7 nitrogen and oxygen atoms in total. The SMILES string of the molecule is CC(C)(C)c1ccc2c(c1)N(S(C)(=O)=O)C[C@H](C(=O)Nc1ccc(N3CCCC3)cc1)O2. The summed E-state index contributed by atoms with van der Waals surface area (Å²) >= 11 is 0. The Kier molecular flexibility index (Phi) is 5.83. The first-order valence-electron chi connectivity index (χ1n) is 11.0. The smallest absolute Gasteiger partial charge is 0.267 e. The molecule has 172 valence electrons. The molecule has 2 heterocycles. The third kappa shape index (κ3) is 4.70. The molecule has 2 aromatic rings. The summed E-state index contributed by atoms with van der Waals surface area (Å²) in [5, 5.41) is 2.86. The summed E-state index contributed by atoms with van der Waals surface area (Å²) in [6.45, 7) is 8.23. The lowest BCUT2D eigenvalue weighted by Crippen LogP contribution is -2.48. The van der Waals surface area contributed by atoms with Crippen LogP contribution in [-0.4, -0.2) is 46.3 Å². The van der Waals surface area contributed by atoms with Gasteiger partial charge in [-0.15, -0.1) is 0 Å². The Balaban J connectivity index is 1.54. The second-order valence-corrected chi connectivity index (χ2v) is 11.5. The summed E-state index contributed by atoms with van der Waals surface area (Å²) in [4.78, 5) is 15.3. The van der Waals surface area contributed by atoms with Crippen LogP contribution in [0.2, 0.25) is 0 Å². The van der Waals surface area contributed by atoms with Crippen LogP contribution in [-0.2, 0) is 20.2 Å². The van der Waals surface area contributed by atoms with E-state index in [4.69, 9.17) is 4.74 Å². The molecule has 0 radical (unpaired) electrons. The van der Waals surface area contributed by atoms with Crippen LogP contribution < -0.4 is 19.3 Å². The van der Waals surface area contributed by atoms with Gasteiger partial charge in [0.25, 0.3) is 5.91 Å². The highest BCUT2D eigenvalue weighted by molar-refractivity contribution is 7.92. The largest absolute Gasteiger partial charge is 0.476 e. The molecule has 1 amide bonds. The zero-order valence-corrected chi connectivity index (χ0v) is 19.9. The number of amides is 1. The lowest BCUT2D eigenvalue weighted by atomic mass is 9.86. The van der Waals surface area contributed by atoms with Crippen LogP contribution in [0.3, 0.4) is 0 Å². The molecule has 1 saturated heterocycles. The first kappa shape index (κ1) is 22.5. The zero-order chi connectivity index (χ0) is 23.1. The quantitative estimate of drug-likeness (QED) is 0.757. The molecule has 4 rings (SSSR count). The summed E-state index contributed by atoms with van der Waals surface area (Å²) in [6.07, 6.45) is 2.61. The lowest BCUT2D eigenvalue weighted by molar-refractivity contribution is -0.122. The van der Waals surface area contributed by atoms with Gasteiger partial charge in [0.05, 0.1) is 18.5 Å². The van der Waals surface area contributed by atoms with Crippen LogP contribution in [0.5, 0.6) is 5.75 Å². The second-order valence-electron chi connectivity index (χ2n) is 9.56. The highest BCUT2D eigenvalue weighted by atomic mass is 32.2. The predicted octanol–water partition coefficient (Wildman–Crippen LogP) is 3.75. The van der Waals surface area contributed by atoms with Gasteiger partial charge < -0.3 is 15.0 Å². The van der Waals surface area contributed by atoms with E-state index in [2.05, 4.69) is 31.0 Å². The molecule has 1 fully saturated rings. The molecule has 0 saturated carbocycles. The molecule has 1 atom stereocenters. The van der Waals surface area contributed by atoms with Crippen molar-refractivity contribution in [2.24, 2.45) is 0 Å². The van der Waals surface area contributed by atoms with Crippen LogP contribution in [0.4, 0.5) is 17.1 Å². The predicted molar refractivity (Wildman–Crippen MR) is 128 cm³/mol. The van der Waals surface area contributed by atoms with Crippen molar-refractivity contribution in [3.63, 3.8) is 0 Å². The number of ether oxygens (including phenoxy) is 1. The van der Waals surface area contributed by atoms with Gasteiger partial charge in [-0.05, 0) is 60.2 Å². The number of carbonyl (C=O) groups excluding carboxylic acids is 1. The summed E-state index contributed by atoms with van der Waals surface area (Å²) < 4.78 is 32.3. The zero-order valence-electron chi connectivity index (χ0n) is 19.1. The van der Waals surface area contributed by atoms with Crippen molar-refractivity contribution >= 4 is 33.0 Å². The normalized spacial score (nSPS) is 18.8. The monoisotopic (exact) mass is 457 g/mol. The van der Waals surface area contributed by atoms with Crippen LogP contribution in [0, 0.1) is 0 Å². The van der Waals surface area contributed by atoms with Gasteiger partial charge in [-0.1, -0.05) is 26.8 Å².